The average Bonchev–Trinajstić information content (AvgIpc) is 2.83. The van der Waals surface area contributed by atoms with E-state index in [-0.39, 0.29) is 11.8 Å². The van der Waals surface area contributed by atoms with Gasteiger partial charge in [-0.15, -0.1) is 0 Å². The second kappa shape index (κ2) is 6.21. The number of thioether (sulfide) groups is 1. The van der Waals surface area contributed by atoms with Crippen molar-refractivity contribution >= 4 is 40.5 Å². The van der Waals surface area contributed by atoms with Crippen molar-refractivity contribution in [2.75, 3.05) is 19.0 Å². The number of carbonyl (C=O) groups is 1. The number of rotatable bonds is 4. The minimum Gasteiger partial charge on any atom is -0.481 e. The molecular formula is C13H14ClN3O3S. The Morgan fingerprint density at radius 3 is 3.19 bits per heavy atom. The van der Waals surface area contributed by atoms with Crippen LogP contribution < -0.4 is 0 Å². The monoisotopic (exact) mass is 327 g/mol. The van der Waals surface area contributed by atoms with E-state index in [1.807, 2.05) is 4.57 Å². The topological polar surface area (TPSA) is 77.2 Å². The van der Waals surface area contributed by atoms with Gasteiger partial charge in [-0.05, 0) is 18.9 Å². The Morgan fingerprint density at radius 2 is 2.48 bits per heavy atom. The molecule has 0 spiro atoms. The van der Waals surface area contributed by atoms with Crippen LogP contribution >= 0.6 is 23.4 Å². The molecule has 2 aromatic rings. The molecule has 3 rings (SSSR count). The van der Waals surface area contributed by atoms with Crippen molar-refractivity contribution in [2.45, 2.75) is 24.0 Å². The number of imidazole rings is 1. The molecule has 0 radical (unpaired) electrons. The summed E-state index contributed by atoms with van der Waals surface area (Å²) in [5, 5.41) is 10.0. The van der Waals surface area contributed by atoms with Gasteiger partial charge in [-0.25, -0.2) is 9.97 Å². The third-order valence-corrected chi connectivity index (χ3v) is 4.43. The molecule has 6 nitrogen and oxygen atoms in total. The summed E-state index contributed by atoms with van der Waals surface area (Å²) < 4.78 is 7.52. The van der Waals surface area contributed by atoms with E-state index in [4.69, 9.17) is 21.4 Å². The first kappa shape index (κ1) is 14.6. The van der Waals surface area contributed by atoms with Crippen LogP contribution in [0.3, 0.4) is 0 Å². The minimum atomic E-state index is -0.871. The molecule has 0 amide bonds. The van der Waals surface area contributed by atoms with Crippen molar-refractivity contribution in [3.05, 3.63) is 17.3 Å². The van der Waals surface area contributed by atoms with Gasteiger partial charge in [0, 0.05) is 12.8 Å². The summed E-state index contributed by atoms with van der Waals surface area (Å²) in [6.45, 7) is 1.36. The van der Waals surface area contributed by atoms with Crippen LogP contribution in [-0.4, -0.2) is 44.6 Å². The number of carboxylic acid groups (broad SMARTS) is 1. The molecule has 2 aromatic heterocycles. The number of fused-ring (bicyclic) bond motifs is 1. The minimum absolute atomic E-state index is 0.0371. The molecule has 1 aliphatic heterocycles. The fourth-order valence-electron chi connectivity index (χ4n) is 2.42. The van der Waals surface area contributed by atoms with Crippen LogP contribution in [0.15, 0.2) is 17.4 Å². The van der Waals surface area contributed by atoms with Crippen LogP contribution in [0.2, 0.25) is 5.02 Å². The molecule has 1 N–H and O–H groups in total. The maximum atomic E-state index is 10.8. The van der Waals surface area contributed by atoms with Crippen LogP contribution in [-0.2, 0) is 9.53 Å². The number of halogens is 1. The fourth-order valence-corrected chi connectivity index (χ4v) is 3.36. The summed E-state index contributed by atoms with van der Waals surface area (Å²) in [5.41, 5.74) is 1.41. The van der Waals surface area contributed by atoms with Crippen molar-refractivity contribution in [3.8, 4) is 0 Å². The lowest BCUT2D eigenvalue weighted by Crippen LogP contribution is -2.22. The van der Waals surface area contributed by atoms with Gasteiger partial charge in [-0.1, -0.05) is 23.4 Å². The summed E-state index contributed by atoms with van der Waals surface area (Å²) in [5.74, 6) is -0.908. The van der Waals surface area contributed by atoms with Crippen LogP contribution in [0.5, 0.6) is 0 Å². The average molecular weight is 328 g/mol. The van der Waals surface area contributed by atoms with Crippen molar-refractivity contribution in [1.29, 1.82) is 0 Å². The highest BCUT2D eigenvalue weighted by Gasteiger charge is 2.23. The predicted molar refractivity (Wildman–Crippen MR) is 80.0 cm³/mol. The summed E-state index contributed by atoms with van der Waals surface area (Å²) in [4.78, 5) is 19.6. The Bertz CT molecular complexity index is 670. The van der Waals surface area contributed by atoms with E-state index in [9.17, 15) is 4.79 Å². The highest BCUT2D eigenvalue weighted by Crippen LogP contribution is 2.31. The van der Waals surface area contributed by atoms with E-state index < -0.39 is 5.97 Å². The van der Waals surface area contributed by atoms with Gasteiger partial charge in [0.1, 0.15) is 5.52 Å². The molecule has 1 atom stereocenters. The van der Waals surface area contributed by atoms with Crippen molar-refractivity contribution < 1.29 is 14.6 Å². The summed E-state index contributed by atoms with van der Waals surface area (Å²) in [7, 11) is 0. The molecule has 1 fully saturated rings. The van der Waals surface area contributed by atoms with E-state index >= 15 is 0 Å². The molecule has 1 saturated heterocycles. The zero-order valence-corrected chi connectivity index (χ0v) is 12.7. The molecule has 0 aromatic carbocycles. The van der Waals surface area contributed by atoms with E-state index in [1.54, 1.807) is 12.3 Å². The molecule has 21 heavy (non-hydrogen) atoms. The Labute approximate surface area is 130 Å². The second-order valence-electron chi connectivity index (χ2n) is 4.81. The second-order valence-corrected chi connectivity index (χ2v) is 6.19. The number of ether oxygens (including phenoxy) is 1. The lowest BCUT2D eigenvalue weighted by molar-refractivity contribution is -0.133. The molecule has 3 heterocycles. The standard InChI is InChI=1S/C13H14ClN3O3S/c14-8-4-10-12(15-5-8)17(9-2-1-3-20-6-9)13(16-10)21-7-11(18)19/h4-5,9H,1-3,6-7H2,(H,18,19). The predicted octanol–water partition coefficient (Wildman–Crippen LogP) is 2.61. The normalized spacial score (nSPS) is 19.0. The lowest BCUT2D eigenvalue weighted by atomic mass is 10.1. The highest BCUT2D eigenvalue weighted by molar-refractivity contribution is 7.99. The molecule has 112 valence electrons. The van der Waals surface area contributed by atoms with E-state index in [1.165, 1.54) is 11.8 Å². The number of hydrogen-bond donors (Lipinski definition) is 1. The molecule has 0 bridgehead atoms. The number of carboxylic acids is 1. The van der Waals surface area contributed by atoms with Crippen molar-refractivity contribution in [2.24, 2.45) is 0 Å². The Kier molecular flexibility index (Phi) is 4.32. The number of aliphatic carboxylic acids is 1. The maximum absolute atomic E-state index is 10.8. The van der Waals surface area contributed by atoms with Gasteiger partial charge in [-0.3, -0.25) is 9.36 Å². The lowest BCUT2D eigenvalue weighted by Gasteiger charge is -2.24. The smallest absolute Gasteiger partial charge is 0.313 e. The Hall–Kier alpha value is -1.31. The first-order chi connectivity index (χ1) is 10.1. The van der Waals surface area contributed by atoms with Gasteiger partial charge >= 0.3 is 5.97 Å². The molecule has 0 saturated carbocycles. The summed E-state index contributed by atoms with van der Waals surface area (Å²) >= 11 is 7.15. The fraction of sp³-hybridized carbons (Fsp3) is 0.462. The van der Waals surface area contributed by atoms with Crippen LogP contribution in [0.4, 0.5) is 0 Å². The summed E-state index contributed by atoms with van der Waals surface area (Å²) in [6.07, 6.45) is 3.52. The third-order valence-electron chi connectivity index (χ3n) is 3.29. The van der Waals surface area contributed by atoms with Gasteiger partial charge < -0.3 is 9.84 Å². The van der Waals surface area contributed by atoms with Crippen LogP contribution in [0.1, 0.15) is 18.9 Å². The zero-order valence-electron chi connectivity index (χ0n) is 11.2. The van der Waals surface area contributed by atoms with E-state index in [2.05, 4.69) is 9.97 Å². The summed E-state index contributed by atoms with van der Waals surface area (Å²) in [6, 6.07) is 1.88. The first-order valence-corrected chi connectivity index (χ1v) is 7.97. The highest BCUT2D eigenvalue weighted by atomic mass is 35.5. The van der Waals surface area contributed by atoms with E-state index in [0.29, 0.717) is 22.3 Å². The largest absolute Gasteiger partial charge is 0.481 e. The molecular weight excluding hydrogens is 314 g/mol. The SMILES string of the molecule is O=C(O)CSc1nc2cc(Cl)cnc2n1C1CCCOC1. The van der Waals surface area contributed by atoms with Gasteiger partial charge in [-0.2, -0.15) is 0 Å². The van der Waals surface area contributed by atoms with Crippen LogP contribution in [0, 0.1) is 0 Å². The maximum Gasteiger partial charge on any atom is 0.313 e. The van der Waals surface area contributed by atoms with Gasteiger partial charge in [0.2, 0.25) is 0 Å². The first-order valence-electron chi connectivity index (χ1n) is 6.61. The quantitative estimate of drug-likeness (QED) is 0.870. The molecule has 0 aliphatic carbocycles. The van der Waals surface area contributed by atoms with Gasteiger partial charge in [0.15, 0.2) is 10.8 Å². The van der Waals surface area contributed by atoms with Gasteiger partial charge in [0.05, 0.1) is 23.4 Å². The Balaban J connectivity index is 2.03. The number of nitrogens with zero attached hydrogens (tertiary/aromatic N) is 3. The van der Waals surface area contributed by atoms with Crippen molar-refractivity contribution in [3.63, 3.8) is 0 Å². The number of hydrogen-bond acceptors (Lipinski definition) is 5. The van der Waals surface area contributed by atoms with Gasteiger partial charge in [0.25, 0.3) is 0 Å². The van der Waals surface area contributed by atoms with Crippen LogP contribution in [0.25, 0.3) is 11.2 Å². The zero-order chi connectivity index (χ0) is 14.8. The molecule has 1 aliphatic rings. The number of aromatic nitrogens is 3. The molecule has 1 unspecified atom stereocenters. The number of pyridine rings is 1. The van der Waals surface area contributed by atoms with Crippen molar-refractivity contribution in [1.82, 2.24) is 14.5 Å². The molecule has 8 heteroatoms. The Morgan fingerprint density at radius 1 is 1.62 bits per heavy atom. The third kappa shape index (κ3) is 3.14. The van der Waals surface area contributed by atoms with E-state index in [0.717, 1.165) is 25.1 Å².